The van der Waals surface area contributed by atoms with Gasteiger partial charge in [-0.3, -0.25) is 9.59 Å². The van der Waals surface area contributed by atoms with Crippen molar-refractivity contribution in [3.8, 4) is 0 Å². The molecule has 0 spiro atoms. The number of nitrogens with two attached hydrogens (primary N) is 1. The number of primary amides is 1. The summed E-state index contributed by atoms with van der Waals surface area (Å²) >= 11 is 18.7. The van der Waals surface area contributed by atoms with Gasteiger partial charge in [-0.2, -0.15) is 0 Å². The highest BCUT2D eigenvalue weighted by atomic mass is 35.5. The highest BCUT2D eigenvalue weighted by molar-refractivity contribution is 6.36. The normalized spacial score (nSPS) is 26.0. The Hall–Kier alpha value is -0.510. The number of halogens is 3. The maximum atomic E-state index is 12.3. The third-order valence-electron chi connectivity index (χ3n) is 4.32. The van der Waals surface area contributed by atoms with E-state index >= 15 is 0 Å². The van der Waals surface area contributed by atoms with Gasteiger partial charge in [0, 0.05) is 17.0 Å². The summed E-state index contributed by atoms with van der Waals surface area (Å²) in [6, 6.07) is 0. The Kier molecular flexibility index (Phi) is 5.34. The second-order valence-corrected chi connectivity index (χ2v) is 6.55. The lowest BCUT2D eigenvalue weighted by atomic mass is 9.64. The SMILES string of the molecule is CCC(C)(C(=O)CCl)C1(Cl)CC(C(N)=O)=CC(Cl)=C1C. The van der Waals surface area contributed by atoms with Crippen molar-refractivity contribution in [2.45, 2.75) is 38.5 Å². The van der Waals surface area contributed by atoms with Crippen molar-refractivity contribution in [1.29, 1.82) is 0 Å². The Bertz CT molecular complexity index is 513. The van der Waals surface area contributed by atoms with Gasteiger partial charge in [-0.05, 0) is 25.0 Å². The van der Waals surface area contributed by atoms with Crippen molar-refractivity contribution in [2.24, 2.45) is 11.1 Å². The molecule has 112 valence electrons. The van der Waals surface area contributed by atoms with Crippen molar-refractivity contribution in [1.82, 2.24) is 0 Å². The largest absolute Gasteiger partial charge is 0.366 e. The minimum Gasteiger partial charge on any atom is -0.366 e. The molecule has 2 atom stereocenters. The molecule has 1 amide bonds. The Balaban J connectivity index is 3.45. The summed E-state index contributed by atoms with van der Waals surface area (Å²) in [5, 5.41) is 0.349. The minimum absolute atomic E-state index is 0.140. The number of carbonyl (C=O) groups excluding carboxylic acids is 2. The number of allylic oxidation sites excluding steroid dienone is 3. The van der Waals surface area contributed by atoms with Crippen LogP contribution >= 0.6 is 34.8 Å². The van der Waals surface area contributed by atoms with Gasteiger partial charge in [0.25, 0.3) is 0 Å². The predicted molar refractivity (Wildman–Crippen MR) is 83.2 cm³/mol. The lowest BCUT2D eigenvalue weighted by molar-refractivity contribution is -0.127. The summed E-state index contributed by atoms with van der Waals surface area (Å²) in [5.41, 5.74) is 5.39. The zero-order chi connectivity index (χ0) is 15.7. The average Bonchev–Trinajstić information content (AvgIpc) is 2.41. The first-order chi connectivity index (χ1) is 9.14. The Morgan fingerprint density at radius 3 is 2.45 bits per heavy atom. The molecule has 0 radical (unpaired) electrons. The van der Waals surface area contributed by atoms with Gasteiger partial charge in [0.1, 0.15) is 0 Å². The topological polar surface area (TPSA) is 60.2 Å². The zero-order valence-electron chi connectivity index (χ0n) is 11.7. The maximum Gasteiger partial charge on any atom is 0.244 e. The molecule has 0 bridgehead atoms. The smallest absolute Gasteiger partial charge is 0.244 e. The van der Waals surface area contributed by atoms with Crippen LogP contribution in [-0.4, -0.2) is 22.4 Å². The second kappa shape index (κ2) is 6.08. The van der Waals surface area contributed by atoms with Crippen LogP contribution in [0.4, 0.5) is 0 Å². The summed E-state index contributed by atoms with van der Waals surface area (Å²) in [6.07, 6.45) is 2.16. The molecule has 1 rings (SSSR count). The van der Waals surface area contributed by atoms with Crippen molar-refractivity contribution >= 4 is 46.5 Å². The molecule has 0 heterocycles. The molecule has 0 aliphatic heterocycles. The van der Waals surface area contributed by atoms with E-state index in [4.69, 9.17) is 40.5 Å². The Labute approximate surface area is 134 Å². The first-order valence-corrected chi connectivity index (χ1v) is 7.58. The highest BCUT2D eigenvalue weighted by Gasteiger charge is 2.53. The van der Waals surface area contributed by atoms with Crippen LogP contribution in [0.25, 0.3) is 0 Å². The van der Waals surface area contributed by atoms with E-state index in [0.717, 1.165) is 0 Å². The number of hydrogen-bond donors (Lipinski definition) is 1. The number of Topliss-reactive ketones (excluding diaryl/α,β-unsaturated/α-hetero) is 1. The van der Waals surface area contributed by atoms with E-state index in [1.54, 1.807) is 13.8 Å². The van der Waals surface area contributed by atoms with Crippen molar-refractivity contribution in [3.63, 3.8) is 0 Å². The number of hydrogen-bond acceptors (Lipinski definition) is 2. The summed E-state index contributed by atoms with van der Waals surface area (Å²) in [5.74, 6) is -0.900. The van der Waals surface area contributed by atoms with Gasteiger partial charge in [0.2, 0.25) is 5.91 Å². The van der Waals surface area contributed by atoms with Crippen LogP contribution in [0.2, 0.25) is 0 Å². The number of alkyl halides is 2. The monoisotopic (exact) mass is 337 g/mol. The van der Waals surface area contributed by atoms with E-state index < -0.39 is 16.2 Å². The second-order valence-electron chi connectivity index (χ2n) is 5.23. The molecule has 1 aliphatic carbocycles. The van der Waals surface area contributed by atoms with Gasteiger partial charge in [-0.25, -0.2) is 0 Å². The molecule has 1 aliphatic rings. The van der Waals surface area contributed by atoms with Gasteiger partial charge in [-0.15, -0.1) is 23.2 Å². The first-order valence-electron chi connectivity index (χ1n) is 6.29. The van der Waals surface area contributed by atoms with E-state index in [1.165, 1.54) is 6.08 Å². The fraction of sp³-hybridized carbons (Fsp3) is 0.571. The fourth-order valence-electron chi connectivity index (χ4n) is 2.51. The molecule has 0 fully saturated rings. The fourth-order valence-corrected chi connectivity index (χ4v) is 3.63. The molecule has 0 saturated heterocycles. The molecule has 0 aromatic carbocycles. The molecule has 0 saturated carbocycles. The summed E-state index contributed by atoms with van der Waals surface area (Å²) in [6.45, 7) is 5.37. The summed E-state index contributed by atoms with van der Waals surface area (Å²) in [4.78, 5) is 22.6. The van der Waals surface area contributed by atoms with Gasteiger partial charge in [0.15, 0.2) is 5.78 Å². The van der Waals surface area contributed by atoms with Crippen LogP contribution in [0.1, 0.15) is 33.6 Å². The van der Waals surface area contributed by atoms with Gasteiger partial charge < -0.3 is 5.73 Å². The van der Waals surface area contributed by atoms with Gasteiger partial charge in [-0.1, -0.05) is 25.4 Å². The summed E-state index contributed by atoms with van der Waals surface area (Å²) < 4.78 is 0. The standard InChI is InChI=1S/C14H18Cl3NO2/c1-4-13(3,11(19)7-15)14(17)6-9(12(18)20)5-10(16)8(14)2/h5H,4,6-7H2,1-3H3,(H2,18,20). The van der Waals surface area contributed by atoms with Gasteiger partial charge in [0.05, 0.1) is 16.2 Å². The number of ketones is 1. The zero-order valence-corrected chi connectivity index (χ0v) is 14.0. The molecule has 0 aromatic heterocycles. The number of rotatable bonds is 5. The van der Waals surface area contributed by atoms with Crippen LogP contribution in [0.5, 0.6) is 0 Å². The molecule has 6 heteroatoms. The third-order valence-corrected chi connectivity index (χ3v) is 5.79. The molecule has 3 nitrogen and oxygen atoms in total. The van der Waals surface area contributed by atoms with E-state index in [2.05, 4.69) is 0 Å². The first kappa shape index (κ1) is 17.5. The van der Waals surface area contributed by atoms with Crippen LogP contribution in [-0.2, 0) is 9.59 Å². The highest BCUT2D eigenvalue weighted by Crippen LogP contribution is 2.53. The molecule has 2 N–H and O–H groups in total. The lowest BCUT2D eigenvalue weighted by Crippen LogP contribution is -2.50. The quantitative estimate of drug-likeness (QED) is 0.780. The van der Waals surface area contributed by atoms with Crippen LogP contribution in [0, 0.1) is 5.41 Å². The predicted octanol–water partition coefficient (Wildman–Crippen LogP) is 3.52. The van der Waals surface area contributed by atoms with Crippen molar-refractivity contribution in [2.75, 3.05) is 5.88 Å². The van der Waals surface area contributed by atoms with E-state index in [1.807, 2.05) is 6.92 Å². The van der Waals surface area contributed by atoms with Crippen LogP contribution in [0.15, 0.2) is 22.3 Å². The van der Waals surface area contributed by atoms with Crippen molar-refractivity contribution in [3.05, 3.63) is 22.3 Å². The molecular formula is C14H18Cl3NO2. The number of amides is 1. The molecule has 20 heavy (non-hydrogen) atoms. The lowest BCUT2D eigenvalue weighted by Gasteiger charge is -2.45. The van der Waals surface area contributed by atoms with E-state index in [0.29, 0.717) is 22.6 Å². The number of carbonyl (C=O) groups is 2. The van der Waals surface area contributed by atoms with Crippen molar-refractivity contribution < 1.29 is 9.59 Å². The molecule has 2 unspecified atom stereocenters. The average molecular weight is 339 g/mol. The Morgan fingerprint density at radius 2 is 2.05 bits per heavy atom. The third kappa shape index (κ3) is 2.63. The molecule has 0 aromatic rings. The van der Waals surface area contributed by atoms with Crippen LogP contribution in [0.3, 0.4) is 0 Å². The summed E-state index contributed by atoms with van der Waals surface area (Å²) in [7, 11) is 0. The maximum absolute atomic E-state index is 12.3. The van der Waals surface area contributed by atoms with Gasteiger partial charge >= 0.3 is 0 Å². The molecular weight excluding hydrogens is 321 g/mol. The minimum atomic E-state index is -1.09. The van der Waals surface area contributed by atoms with E-state index in [9.17, 15) is 9.59 Å². The Morgan fingerprint density at radius 1 is 1.50 bits per heavy atom. The van der Waals surface area contributed by atoms with E-state index in [-0.39, 0.29) is 18.1 Å². The van der Waals surface area contributed by atoms with Crippen LogP contribution < -0.4 is 5.73 Å².